The minimum atomic E-state index is -2.37. The monoisotopic (exact) mass is 151 g/mol. The van der Waals surface area contributed by atoms with E-state index < -0.39 is 10.9 Å². The Bertz CT molecular complexity index is 134. The van der Waals surface area contributed by atoms with E-state index in [1.54, 1.807) is 0 Å². The summed E-state index contributed by atoms with van der Waals surface area (Å²) < 4.78 is 22.1. The number of thiol groups is 1. The molecular weight excluding hydrogens is 138 g/mol. The fraction of sp³-hybridized carbons (Fsp3) is 1.00. The van der Waals surface area contributed by atoms with Gasteiger partial charge < -0.3 is 0 Å². The summed E-state index contributed by atoms with van der Waals surface area (Å²) in [6.07, 6.45) is 0. The molecule has 0 rings (SSSR count). The van der Waals surface area contributed by atoms with Crippen LogP contribution in [0.1, 0.15) is 20.8 Å². The molecule has 0 N–H and O–H groups in total. The van der Waals surface area contributed by atoms with Crippen molar-refractivity contribution in [1.82, 2.24) is 4.31 Å². The predicted octanol–water partition coefficient (Wildman–Crippen LogP) is 0.243. The molecule has 0 aliphatic carbocycles. The highest BCUT2D eigenvalue weighted by Gasteiger charge is 2.06. The zero-order valence-electron chi connectivity index (χ0n) is 6.00. The minimum Gasteiger partial charge on any atom is -0.215 e. The normalized spacial score (nSPS) is 11.8. The van der Waals surface area contributed by atoms with Crippen molar-refractivity contribution in [3.8, 4) is 0 Å². The molecule has 0 bridgehead atoms. The fourth-order valence-corrected chi connectivity index (χ4v) is 1.28. The molecule has 0 atom stereocenters. The van der Waals surface area contributed by atoms with Gasteiger partial charge in [-0.1, -0.05) is 6.92 Å². The van der Waals surface area contributed by atoms with E-state index in [-0.39, 0.29) is 6.04 Å². The summed E-state index contributed by atoms with van der Waals surface area (Å²) >= 11 is 0. The first kappa shape index (κ1) is 8.91. The highest BCUT2D eigenvalue weighted by molar-refractivity contribution is 7.69. The summed E-state index contributed by atoms with van der Waals surface area (Å²) in [7, 11) is -2.37. The smallest absolute Gasteiger partial charge is 0.204 e. The van der Waals surface area contributed by atoms with Crippen LogP contribution in [0.4, 0.5) is 0 Å². The van der Waals surface area contributed by atoms with E-state index in [9.17, 15) is 8.42 Å². The molecule has 56 valence electrons. The lowest BCUT2D eigenvalue weighted by molar-refractivity contribution is 0.381. The summed E-state index contributed by atoms with van der Waals surface area (Å²) in [5.74, 6) is 0. The van der Waals surface area contributed by atoms with Gasteiger partial charge in [-0.2, -0.15) is 0 Å². The van der Waals surface area contributed by atoms with E-state index in [4.69, 9.17) is 0 Å². The van der Waals surface area contributed by atoms with Crippen LogP contribution in [-0.2, 0) is 10.9 Å². The van der Waals surface area contributed by atoms with Crippen molar-refractivity contribution in [3.05, 3.63) is 0 Å². The topological polar surface area (TPSA) is 37.4 Å². The Balaban J connectivity index is 3.99. The summed E-state index contributed by atoms with van der Waals surface area (Å²) in [6.45, 7) is 6.10. The van der Waals surface area contributed by atoms with Gasteiger partial charge >= 0.3 is 0 Å². The first-order valence-corrected chi connectivity index (χ1v) is 4.13. The summed E-state index contributed by atoms with van der Waals surface area (Å²) in [4.78, 5) is 0. The Kier molecular flexibility index (Phi) is 3.81. The first-order valence-electron chi connectivity index (χ1n) is 3.00. The van der Waals surface area contributed by atoms with Crippen LogP contribution in [0.15, 0.2) is 0 Å². The van der Waals surface area contributed by atoms with E-state index in [0.29, 0.717) is 6.54 Å². The lowest BCUT2D eigenvalue weighted by atomic mass is 10.4. The number of nitrogens with zero attached hydrogens (tertiary/aromatic N) is 1. The molecule has 4 heteroatoms. The summed E-state index contributed by atoms with van der Waals surface area (Å²) in [6, 6.07) is 0.0936. The van der Waals surface area contributed by atoms with Crippen LogP contribution in [0.5, 0.6) is 0 Å². The van der Waals surface area contributed by atoms with Crippen molar-refractivity contribution in [3.63, 3.8) is 0 Å². The predicted molar refractivity (Wildman–Crippen MR) is 37.8 cm³/mol. The van der Waals surface area contributed by atoms with E-state index in [1.807, 2.05) is 20.8 Å². The minimum absolute atomic E-state index is 0.0936. The molecule has 0 saturated heterocycles. The van der Waals surface area contributed by atoms with Gasteiger partial charge in [0, 0.05) is 12.6 Å². The maximum Gasteiger partial charge on any atom is 0.204 e. The van der Waals surface area contributed by atoms with Gasteiger partial charge in [0.1, 0.15) is 0 Å². The van der Waals surface area contributed by atoms with Gasteiger partial charge in [-0.25, -0.2) is 12.7 Å². The van der Waals surface area contributed by atoms with Crippen LogP contribution in [0, 0.1) is 0 Å². The number of hydrogen-bond acceptors (Lipinski definition) is 2. The molecule has 0 aromatic carbocycles. The zero-order chi connectivity index (χ0) is 7.44. The fourth-order valence-electron chi connectivity index (χ4n) is 0.669. The molecule has 3 nitrogen and oxygen atoms in total. The number of hydrogen-bond donors (Lipinski definition) is 1. The highest BCUT2D eigenvalue weighted by Crippen LogP contribution is 1.95. The molecule has 0 aliphatic rings. The van der Waals surface area contributed by atoms with E-state index in [0.717, 1.165) is 0 Å². The van der Waals surface area contributed by atoms with Crippen LogP contribution in [-0.4, -0.2) is 25.3 Å². The lowest BCUT2D eigenvalue weighted by Crippen LogP contribution is -2.28. The summed E-state index contributed by atoms with van der Waals surface area (Å²) in [5.41, 5.74) is 0. The van der Waals surface area contributed by atoms with Gasteiger partial charge in [0.2, 0.25) is 10.9 Å². The zero-order valence-corrected chi connectivity index (χ0v) is 6.89. The molecule has 9 heavy (non-hydrogen) atoms. The molecular formula is C5H13NO2S. The maximum absolute atomic E-state index is 10.3. The van der Waals surface area contributed by atoms with E-state index >= 15 is 0 Å². The third-order valence-corrected chi connectivity index (χ3v) is 2.29. The van der Waals surface area contributed by atoms with E-state index in [1.165, 1.54) is 4.31 Å². The van der Waals surface area contributed by atoms with Crippen molar-refractivity contribution in [1.29, 1.82) is 0 Å². The molecule has 0 aromatic rings. The van der Waals surface area contributed by atoms with E-state index in [2.05, 4.69) is 0 Å². The van der Waals surface area contributed by atoms with Crippen molar-refractivity contribution in [2.45, 2.75) is 26.8 Å². The SMILES string of the molecule is CCN(C(C)C)[SH](=O)=O. The van der Waals surface area contributed by atoms with Crippen LogP contribution in [0.25, 0.3) is 0 Å². The Morgan fingerprint density at radius 1 is 1.44 bits per heavy atom. The van der Waals surface area contributed by atoms with Gasteiger partial charge in [0.15, 0.2) is 0 Å². The molecule has 0 aromatic heterocycles. The van der Waals surface area contributed by atoms with Gasteiger partial charge in [0.05, 0.1) is 0 Å². The van der Waals surface area contributed by atoms with Gasteiger partial charge in [-0.15, -0.1) is 0 Å². The van der Waals surface area contributed by atoms with Gasteiger partial charge in [-0.05, 0) is 13.8 Å². The molecule has 0 amide bonds. The van der Waals surface area contributed by atoms with Crippen LogP contribution >= 0.6 is 0 Å². The molecule has 0 aliphatic heterocycles. The highest BCUT2D eigenvalue weighted by atomic mass is 32.2. The molecule has 0 heterocycles. The second-order valence-electron chi connectivity index (χ2n) is 2.09. The Hall–Kier alpha value is -0.0900. The first-order chi connectivity index (χ1) is 4.09. The third-order valence-electron chi connectivity index (χ3n) is 1.13. The largest absolute Gasteiger partial charge is 0.215 e. The summed E-state index contributed by atoms with van der Waals surface area (Å²) in [5, 5.41) is 0. The molecule has 0 unspecified atom stereocenters. The standard InChI is InChI=1S/C5H13NO2S/c1-4-6(5(2)3)9(7)8/h5,9H,4H2,1-3H3. The Morgan fingerprint density at radius 2 is 1.89 bits per heavy atom. The molecule has 0 radical (unpaired) electrons. The van der Waals surface area contributed by atoms with Crippen LogP contribution < -0.4 is 0 Å². The number of rotatable bonds is 3. The van der Waals surface area contributed by atoms with Crippen molar-refractivity contribution in [2.24, 2.45) is 0 Å². The third kappa shape index (κ3) is 2.81. The van der Waals surface area contributed by atoms with Crippen molar-refractivity contribution in [2.75, 3.05) is 6.54 Å². The van der Waals surface area contributed by atoms with Gasteiger partial charge in [-0.3, -0.25) is 0 Å². The average molecular weight is 151 g/mol. The Morgan fingerprint density at radius 3 is 1.89 bits per heavy atom. The lowest BCUT2D eigenvalue weighted by Gasteiger charge is -2.15. The van der Waals surface area contributed by atoms with Crippen molar-refractivity contribution < 1.29 is 8.42 Å². The second-order valence-corrected chi connectivity index (χ2v) is 3.08. The van der Waals surface area contributed by atoms with Gasteiger partial charge in [0.25, 0.3) is 0 Å². The second kappa shape index (κ2) is 3.85. The quantitative estimate of drug-likeness (QED) is 0.587. The van der Waals surface area contributed by atoms with Crippen LogP contribution in [0.2, 0.25) is 0 Å². The molecule has 0 saturated carbocycles. The molecule has 0 fully saturated rings. The van der Waals surface area contributed by atoms with Crippen LogP contribution in [0.3, 0.4) is 0 Å². The maximum atomic E-state index is 10.3. The average Bonchev–Trinajstić information content (AvgIpc) is 1.64. The molecule has 0 spiro atoms. The van der Waals surface area contributed by atoms with Crippen molar-refractivity contribution >= 4 is 10.9 Å². The Labute approximate surface area is 57.8 Å².